The number of halogens is 5. The first kappa shape index (κ1) is 14.3. The highest BCUT2D eigenvalue weighted by Crippen LogP contribution is 2.35. The molecule has 2 rings (SSSR count). The molecule has 0 saturated carbocycles. The van der Waals surface area contributed by atoms with Crippen molar-refractivity contribution in [2.45, 2.75) is 6.18 Å². The summed E-state index contributed by atoms with van der Waals surface area (Å²) in [6.07, 6.45) is -4.77. The van der Waals surface area contributed by atoms with E-state index in [9.17, 15) is 22.0 Å². The van der Waals surface area contributed by atoms with E-state index >= 15 is 0 Å². The lowest BCUT2D eigenvalue weighted by Gasteiger charge is -2.21. The van der Waals surface area contributed by atoms with Crippen LogP contribution in [-0.4, -0.2) is 7.05 Å². The van der Waals surface area contributed by atoms with E-state index in [0.717, 1.165) is 6.07 Å². The zero-order chi connectivity index (χ0) is 14.9. The van der Waals surface area contributed by atoms with Crippen LogP contribution >= 0.6 is 0 Å². The molecule has 20 heavy (non-hydrogen) atoms. The molecule has 0 saturated heterocycles. The van der Waals surface area contributed by atoms with Gasteiger partial charge in [0, 0.05) is 18.4 Å². The van der Waals surface area contributed by atoms with Gasteiger partial charge in [0.1, 0.15) is 11.6 Å². The van der Waals surface area contributed by atoms with E-state index in [1.54, 1.807) is 6.07 Å². The molecule has 6 heteroatoms. The van der Waals surface area contributed by atoms with Crippen molar-refractivity contribution in [3.63, 3.8) is 0 Å². The van der Waals surface area contributed by atoms with Crippen molar-refractivity contribution in [2.24, 2.45) is 0 Å². The predicted octanol–water partition coefficient (Wildman–Crippen LogP) is 4.75. The van der Waals surface area contributed by atoms with Crippen molar-refractivity contribution in [2.75, 3.05) is 11.9 Å². The largest absolute Gasteiger partial charge is 0.419 e. The molecule has 0 radical (unpaired) electrons. The Morgan fingerprint density at radius 1 is 0.900 bits per heavy atom. The maximum atomic E-state index is 13.2. The van der Waals surface area contributed by atoms with Crippen LogP contribution in [0.4, 0.5) is 33.3 Å². The number of anilines is 2. The highest BCUT2D eigenvalue weighted by molar-refractivity contribution is 5.63. The fourth-order valence-electron chi connectivity index (χ4n) is 1.77. The Kier molecular flexibility index (Phi) is 3.65. The number of rotatable bonds is 2. The van der Waals surface area contributed by atoms with Crippen LogP contribution in [-0.2, 0) is 6.18 Å². The van der Waals surface area contributed by atoms with Gasteiger partial charge in [-0.05, 0) is 36.4 Å². The van der Waals surface area contributed by atoms with Gasteiger partial charge in [0.15, 0.2) is 0 Å². The fraction of sp³-hybridized carbons (Fsp3) is 0.143. The Morgan fingerprint density at radius 2 is 1.55 bits per heavy atom. The standard InChI is InChI=1S/C14H10F5N/c1-20(10-4-2-3-9(15)7-10)11-5-6-13(16)12(8-11)14(17,18)19/h2-8H,1H3. The molecule has 0 fully saturated rings. The van der Waals surface area contributed by atoms with Crippen molar-refractivity contribution >= 4 is 11.4 Å². The van der Waals surface area contributed by atoms with Crippen molar-refractivity contribution in [1.29, 1.82) is 0 Å². The van der Waals surface area contributed by atoms with Crippen LogP contribution in [0.5, 0.6) is 0 Å². The molecule has 0 bridgehead atoms. The summed E-state index contributed by atoms with van der Waals surface area (Å²) >= 11 is 0. The minimum Gasteiger partial charge on any atom is -0.345 e. The van der Waals surface area contributed by atoms with E-state index in [1.807, 2.05) is 0 Å². The first-order chi connectivity index (χ1) is 9.29. The third kappa shape index (κ3) is 2.89. The summed E-state index contributed by atoms with van der Waals surface area (Å²) in [6, 6.07) is 8.03. The molecule has 0 unspecified atom stereocenters. The molecule has 0 aliphatic rings. The molecule has 0 aromatic heterocycles. The molecule has 0 aliphatic heterocycles. The lowest BCUT2D eigenvalue weighted by molar-refractivity contribution is -0.139. The molecule has 2 aromatic rings. The first-order valence-corrected chi connectivity index (χ1v) is 5.65. The van der Waals surface area contributed by atoms with Crippen molar-refractivity contribution in [3.8, 4) is 0 Å². The summed E-state index contributed by atoms with van der Waals surface area (Å²) in [5.74, 6) is -1.85. The lowest BCUT2D eigenvalue weighted by Crippen LogP contribution is -2.13. The predicted molar refractivity (Wildman–Crippen MR) is 65.9 cm³/mol. The van der Waals surface area contributed by atoms with Crippen LogP contribution in [0.2, 0.25) is 0 Å². The summed E-state index contributed by atoms with van der Waals surface area (Å²) in [7, 11) is 1.47. The van der Waals surface area contributed by atoms with Crippen LogP contribution in [0.1, 0.15) is 5.56 Å². The Balaban J connectivity index is 2.43. The third-order valence-corrected chi connectivity index (χ3v) is 2.84. The molecule has 0 heterocycles. The minimum atomic E-state index is -4.77. The van der Waals surface area contributed by atoms with Gasteiger partial charge in [-0.15, -0.1) is 0 Å². The van der Waals surface area contributed by atoms with Gasteiger partial charge in [0.25, 0.3) is 0 Å². The molecule has 0 amide bonds. The normalized spacial score (nSPS) is 11.5. The Bertz CT molecular complexity index is 621. The van der Waals surface area contributed by atoms with Gasteiger partial charge in [-0.3, -0.25) is 0 Å². The first-order valence-electron chi connectivity index (χ1n) is 5.65. The molecule has 1 nitrogen and oxygen atoms in total. The Morgan fingerprint density at radius 3 is 2.15 bits per heavy atom. The lowest BCUT2D eigenvalue weighted by atomic mass is 10.1. The van der Waals surface area contributed by atoms with Gasteiger partial charge in [0.2, 0.25) is 0 Å². The molecule has 0 aliphatic carbocycles. The molecule has 0 spiro atoms. The topological polar surface area (TPSA) is 3.24 Å². The van der Waals surface area contributed by atoms with Crippen molar-refractivity contribution < 1.29 is 22.0 Å². The second-order valence-electron chi connectivity index (χ2n) is 4.20. The monoisotopic (exact) mass is 287 g/mol. The molecular weight excluding hydrogens is 277 g/mol. The molecule has 0 N–H and O–H groups in total. The zero-order valence-electron chi connectivity index (χ0n) is 10.4. The van der Waals surface area contributed by atoms with E-state index in [-0.39, 0.29) is 5.69 Å². The van der Waals surface area contributed by atoms with Gasteiger partial charge in [-0.2, -0.15) is 13.2 Å². The number of hydrogen-bond acceptors (Lipinski definition) is 1. The highest BCUT2D eigenvalue weighted by Gasteiger charge is 2.34. The summed E-state index contributed by atoms with van der Waals surface area (Å²) in [6.45, 7) is 0. The molecule has 2 aromatic carbocycles. The van der Waals surface area contributed by atoms with E-state index in [1.165, 1.54) is 36.2 Å². The van der Waals surface area contributed by atoms with Crippen molar-refractivity contribution in [3.05, 3.63) is 59.7 Å². The second kappa shape index (κ2) is 5.11. The SMILES string of the molecule is CN(c1cccc(F)c1)c1ccc(F)c(C(F)(F)F)c1. The average molecular weight is 287 g/mol. The fourth-order valence-corrected chi connectivity index (χ4v) is 1.77. The minimum absolute atomic E-state index is 0.115. The van der Waals surface area contributed by atoms with E-state index in [0.29, 0.717) is 11.8 Å². The van der Waals surface area contributed by atoms with E-state index in [2.05, 4.69) is 0 Å². The maximum Gasteiger partial charge on any atom is 0.419 e. The third-order valence-electron chi connectivity index (χ3n) is 2.84. The van der Waals surface area contributed by atoms with Crippen LogP contribution in [0, 0.1) is 11.6 Å². The Labute approximate surface area is 112 Å². The average Bonchev–Trinajstić information content (AvgIpc) is 2.37. The summed E-state index contributed by atoms with van der Waals surface area (Å²) in [4.78, 5) is 1.34. The van der Waals surface area contributed by atoms with E-state index in [4.69, 9.17) is 0 Å². The van der Waals surface area contributed by atoms with E-state index < -0.39 is 23.4 Å². The van der Waals surface area contributed by atoms with Crippen LogP contribution < -0.4 is 4.90 Å². The van der Waals surface area contributed by atoms with Crippen LogP contribution in [0.3, 0.4) is 0 Å². The zero-order valence-corrected chi connectivity index (χ0v) is 10.4. The number of nitrogens with zero attached hydrogens (tertiary/aromatic N) is 1. The van der Waals surface area contributed by atoms with Crippen LogP contribution in [0.25, 0.3) is 0 Å². The number of hydrogen-bond donors (Lipinski definition) is 0. The van der Waals surface area contributed by atoms with Gasteiger partial charge in [-0.1, -0.05) is 6.07 Å². The number of benzene rings is 2. The smallest absolute Gasteiger partial charge is 0.345 e. The van der Waals surface area contributed by atoms with Gasteiger partial charge in [-0.25, -0.2) is 8.78 Å². The van der Waals surface area contributed by atoms with Gasteiger partial charge >= 0.3 is 6.18 Å². The maximum absolute atomic E-state index is 13.2. The van der Waals surface area contributed by atoms with Gasteiger partial charge in [0.05, 0.1) is 5.56 Å². The highest BCUT2D eigenvalue weighted by atomic mass is 19.4. The summed E-state index contributed by atoms with van der Waals surface area (Å²) in [5, 5.41) is 0. The second-order valence-corrected chi connectivity index (χ2v) is 4.20. The van der Waals surface area contributed by atoms with Crippen LogP contribution in [0.15, 0.2) is 42.5 Å². The molecule has 106 valence electrons. The van der Waals surface area contributed by atoms with Crippen molar-refractivity contribution in [1.82, 2.24) is 0 Å². The molecule has 0 atom stereocenters. The van der Waals surface area contributed by atoms with Gasteiger partial charge < -0.3 is 4.90 Å². The number of alkyl halides is 3. The quantitative estimate of drug-likeness (QED) is 0.720. The Hall–Kier alpha value is -2.11. The molecular formula is C14H10F5N. The summed E-state index contributed by atoms with van der Waals surface area (Å²) < 4.78 is 64.2. The summed E-state index contributed by atoms with van der Waals surface area (Å²) in [5.41, 5.74) is -0.868.